The minimum absolute atomic E-state index is 0.191. The lowest BCUT2D eigenvalue weighted by Crippen LogP contribution is -2.35. The summed E-state index contributed by atoms with van der Waals surface area (Å²) in [5.41, 5.74) is -0.465. The quantitative estimate of drug-likeness (QED) is 0.743. The molecule has 5 nitrogen and oxygen atoms in total. The molecule has 0 radical (unpaired) electrons. The number of rotatable bonds is 4. The SMILES string of the molecule is CCOC(=O)CSC1CCN(C(=O)OC(C)(C)C)C1. The summed E-state index contributed by atoms with van der Waals surface area (Å²) in [4.78, 5) is 24.8. The zero-order valence-corrected chi connectivity index (χ0v) is 12.9. The van der Waals surface area contributed by atoms with Crippen LogP contribution in [0.15, 0.2) is 0 Å². The number of esters is 1. The van der Waals surface area contributed by atoms with E-state index in [0.717, 1.165) is 6.42 Å². The molecule has 0 saturated carbocycles. The molecule has 0 aromatic heterocycles. The van der Waals surface area contributed by atoms with E-state index in [2.05, 4.69) is 0 Å². The van der Waals surface area contributed by atoms with Crippen LogP contribution in [0.3, 0.4) is 0 Å². The maximum atomic E-state index is 11.8. The van der Waals surface area contributed by atoms with Crippen molar-refractivity contribution in [1.82, 2.24) is 4.90 Å². The second kappa shape index (κ2) is 7.03. The van der Waals surface area contributed by atoms with Crippen LogP contribution in [0.4, 0.5) is 4.79 Å². The van der Waals surface area contributed by atoms with Gasteiger partial charge in [0.2, 0.25) is 0 Å². The van der Waals surface area contributed by atoms with Gasteiger partial charge in [0.1, 0.15) is 5.60 Å². The molecule has 1 aliphatic rings. The Kier molecular flexibility index (Phi) is 5.97. The van der Waals surface area contributed by atoms with E-state index in [1.54, 1.807) is 23.6 Å². The number of carbonyl (C=O) groups excluding carboxylic acids is 2. The Morgan fingerprint density at radius 3 is 2.63 bits per heavy atom. The van der Waals surface area contributed by atoms with Crippen molar-refractivity contribution in [3.05, 3.63) is 0 Å². The number of hydrogen-bond donors (Lipinski definition) is 0. The molecule has 110 valence electrons. The van der Waals surface area contributed by atoms with Crippen molar-refractivity contribution in [2.45, 2.75) is 45.0 Å². The topological polar surface area (TPSA) is 55.8 Å². The lowest BCUT2D eigenvalue weighted by atomic mass is 10.2. The maximum Gasteiger partial charge on any atom is 0.410 e. The van der Waals surface area contributed by atoms with Crippen molar-refractivity contribution in [3.63, 3.8) is 0 Å². The van der Waals surface area contributed by atoms with Crippen LogP contribution < -0.4 is 0 Å². The average molecular weight is 289 g/mol. The summed E-state index contributed by atoms with van der Waals surface area (Å²) in [7, 11) is 0. The Hall–Kier alpha value is -0.910. The predicted octanol–water partition coefficient (Wildman–Crippen LogP) is 2.29. The van der Waals surface area contributed by atoms with Crippen molar-refractivity contribution in [2.75, 3.05) is 25.4 Å². The number of hydrogen-bond acceptors (Lipinski definition) is 5. The zero-order valence-electron chi connectivity index (χ0n) is 12.1. The number of likely N-dealkylation sites (tertiary alicyclic amines) is 1. The summed E-state index contributed by atoms with van der Waals surface area (Å²) in [6.45, 7) is 9.10. The van der Waals surface area contributed by atoms with Gasteiger partial charge in [0, 0.05) is 18.3 Å². The Labute approximate surface area is 119 Å². The predicted molar refractivity (Wildman–Crippen MR) is 75.3 cm³/mol. The van der Waals surface area contributed by atoms with E-state index in [-0.39, 0.29) is 17.3 Å². The zero-order chi connectivity index (χ0) is 14.5. The monoisotopic (exact) mass is 289 g/mol. The van der Waals surface area contributed by atoms with E-state index in [1.807, 2.05) is 20.8 Å². The largest absolute Gasteiger partial charge is 0.465 e. The molecule has 0 N–H and O–H groups in total. The van der Waals surface area contributed by atoms with Crippen molar-refractivity contribution < 1.29 is 19.1 Å². The molecular weight excluding hydrogens is 266 g/mol. The first kappa shape index (κ1) is 16.1. The van der Waals surface area contributed by atoms with Crippen molar-refractivity contribution >= 4 is 23.8 Å². The van der Waals surface area contributed by atoms with Gasteiger partial charge in [-0.05, 0) is 34.1 Å². The molecule has 1 rings (SSSR count). The van der Waals surface area contributed by atoms with Gasteiger partial charge in [0.15, 0.2) is 0 Å². The molecule has 1 unspecified atom stereocenters. The summed E-state index contributed by atoms with van der Waals surface area (Å²) in [6, 6.07) is 0. The van der Waals surface area contributed by atoms with Gasteiger partial charge in [0.25, 0.3) is 0 Å². The molecule has 6 heteroatoms. The van der Waals surface area contributed by atoms with Gasteiger partial charge in [0.05, 0.1) is 12.4 Å². The van der Waals surface area contributed by atoms with Crippen LogP contribution in [0.1, 0.15) is 34.1 Å². The van der Waals surface area contributed by atoms with E-state index in [0.29, 0.717) is 25.4 Å². The average Bonchev–Trinajstić information content (AvgIpc) is 2.73. The first-order valence-corrected chi connectivity index (χ1v) is 7.62. The van der Waals surface area contributed by atoms with Crippen LogP contribution in [0.5, 0.6) is 0 Å². The number of ether oxygens (including phenoxy) is 2. The van der Waals surface area contributed by atoms with E-state index < -0.39 is 5.60 Å². The molecule has 1 fully saturated rings. The Bertz CT molecular complexity index is 327. The van der Waals surface area contributed by atoms with Gasteiger partial charge in [-0.2, -0.15) is 0 Å². The van der Waals surface area contributed by atoms with Crippen molar-refractivity contribution in [2.24, 2.45) is 0 Å². The highest BCUT2D eigenvalue weighted by Gasteiger charge is 2.30. The highest BCUT2D eigenvalue weighted by Crippen LogP contribution is 2.24. The summed E-state index contributed by atoms with van der Waals surface area (Å²) in [5.74, 6) is 0.156. The minimum Gasteiger partial charge on any atom is -0.465 e. The number of amides is 1. The van der Waals surface area contributed by atoms with Crippen LogP contribution in [-0.4, -0.2) is 53.3 Å². The third kappa shape index (κ3) is 6.18. The molecule has 1 aliphatic heterocycles. The molecule has 0 aromatic rings. The summed E-state index contributed by atoms with van der Waals surface area (Å²) in [6.07, 6.45) is 0.621. The molecule has 0 aliphatic carbocycles. The van der Waals surface area contributed by atoms with Gasteiger partial charge in [-0.25, -0.2) is 4.79 Å². The van der Waals surface area contributed by atoms with Gasteiger partial charge >= 0.3 is 12.1 Å². The van der Waals surface area contributed by atoms with Gasteiger partial charge in [-0.3, -0.25) is 4.79 Å². The van der Waals surface area contributed by atoms with Crippen LogP contribution in [0.25, 0.3) is 0 Å². The van der Waals surface area contributed by atoms with Crippen molar-refractivity contribution in [3.8, 4) is 0 Å². The first-order valence-electron chi connectivity index (χ1n) is 6.57. The Morgan fingerprint density at radius 2 is 2.05 bits per heavy atom. The molecule has 0 bridgehead atoms. The van der Waals surface area contributed by atoms with Gasteiger partial charge in [-0.15, -0.1) is 11.8 Å². The second-order valence-electron chi connectivity index (χ2n) is 5.45. The van der Waals surface area contributed by atoms with Crippen LogP contribution in [0, 0.1) is 0 Å². The first-order chi connectivity index (χ1) is 8.81. The Morgan fingerprint density at radius 1 is 1.37 bits per heavy atom. The standard InChI is InChI=1S/C13H23NO4S/c1-5-17-11(15)9-19-10-6-7-14(8-10)12(16)18-13(2,3)4/h10H,5-9H2,1-4H3. The van der Waals surface area contributed by atoms with Crippen LogP contribution >= 0.6 is 11.8 Å². The second-order valence-corrected chi connectivity index (χ2v) is 6.74. The maximum absolute atomic E-state index is 11.8. The Balaban J connectivity index is 2.29. The number of nitrogens with zero attached hydrogens (tertiary/aromatic N) is 1. The highest BCUT2D eigenvalue weighted by atomic mass is 32.2. The summed E-state index contributed by atoms with van der Waals surface area (Å²) >= 11 is 1.55. The lowest BCUT2D eigenvalue weighted by Gasteiger charge is -2.24. The van der Waals surface area contributed by atoms with Crippen LogP contribution in [0.2, 0.25) is 0 Å². The lowest BCUT2D eigenvalue weighted by molar-refractivity contribution is -0.139. The van der Waals surface area contributed by atoms with Crippen LogP contribution in [-0.2, 0) is 14.3 Å². The molecule has 0 spiro atoms. The highest BCUT2D eigenvalue weighted by molar-refractivity contribution is 8.00. The third-order valence-electron chi connectivity index (χ3n) is 2.54. The minimum atomic E-state index is -0.465. The van der Waals surface area contributed by atoms with E-state index in [9.17, 15) is 9.59 Å². The number of thioether (sulfide) groups is 1. The van der Waals surface area contributed by atoms with Gasteiger partial charge < -0.3 is 14.4 Å². The van der Waals surface area contributed by atoms with E-state index in [1.165, 1.54) is 0 Å². The fourth-order valence-corrected chi connectivity index (χ4v) is 2.76. The summed E-state index contributed by atoms with van der Waals surface area (Å²) in [5, 5.41) is 0.289. The molecule has 1 atom stereocenters. The smallest absolute Gasteiger partial charge is 0.410 e. The van der Waals surface area contributed by atoms with Gasteiger partial charge in [-0.1, -0.05) is 0 Å². The molecule has 1 amide bonds. The molecule has 19 heavy (non-hydrogen) atoms. The fraction of sp³-hybridized carbons (Fsp3) is 0.846. The number of carbonyl (C=O) groups is 2. The summed E-state index contributed by atoms with van der Waals surface area (Å²) < 4.78 is 10.2. The fourth-order valence-electron chi connectivity index (χ4n) is 1.75. The van der Waals surface area contributed by atoms with E-state index >= 15 is 0 Å². The molecule has 1 saturated heterocycles. The van der Waals surface area contributed by atoms with Crippen molar-refractivity contribution in [1.29, 1.82) is 0 Å². The normalized spacial score (nSPS) is 19.4. The van der Waals surface area contributed by atoms with E-state index in [4.69, 9.17) is 9.47 Å². The molecular formula is C13H23NO4S. The molecule has 1 heterocycles. The molecule has 0 aromatic carbocycles. The third-order valence-corrected chi connectivity index (χ3v) is 3.80.